The molecule has 2 rings (SSSR count). The molecule has 2 aromatic carbocycles. The van der Waals surface area contributed by atoms with Crippen LogP contribution in [-0.4, -0.2) is 0 Å². The van der Waals surface area contributed by atoms with E-state index in [-0.39, 0.29) is 22.8 Å². The van der Waals surface area contributed by atoms with Crippen molar-refractivity contribution in [3.63, 3.8) is 0 Å². The van der Waals surface area contributed by atoms with Gasteiger partial charge in [-0.1, -0.05) is 6.07 Å². The molecular weight excluding hydrogens is 253 g/mol. The van der Waals surface area contributed by atoms with Crippen LogP contribution in [0.1, 0.15) is 17.6 Å². The Hall–Kier alpha value is -2.17. The fraction of sp³-hybridized carbons (Fsp3) is 0.143. The fourth-order valence-corrected chi connectivity index (χ4v) is 1.70. The maximum atomic E-state index is 13.4. The normalized spacial score (nSPS) is 10.8. The predicted octanol–water partition coefficient (Wildman–Crippen LogP) is 4.40. The van der Waals surface area contributed by atoms with Gasteiger partial charge in [-0.05, 0) is 42.8 Å². The van der Waals surface area contributed by atoms with Gasteiger partial charge in [-0.15, -0.1) is 0 Å². The second-order valence-electron chi connectivity index (χ2n) is 4.24. The smallest absolute Gasteiger partial charge is 0.265 e. The highest BCUT2D eigenvalue weighted by molar-refractivity contribution is 5.66. The molecule has 0 aliphatic carbocycles. The third-order valence-corrected chi connectivity index (χ3v) is 2.76. The molecule has 3 N–H and O–H groups in total. The monoisotopic (exact) mass is 266 g/mol. The van der Waals surface area contributed by atoms with Gasteiger partial charge in [0.1, 0.15) is 5.82 Å². The van der Waals surface area contributed by atoms with Gasteiger partial charge < -0.3 is 11.1 Å². The Morgan fingerprint density at radius 3 is 2.47 bits per heavy atom. The first-order chi connectivity index (χ1) is 8.97. The van der Waals surface area contributed by atoms with Crippen molar-refractivity contribution in [3.8, 4) is 0 Å². The summed E-state index contributed by atoms with van der Waals surface area (Å²) < 4.78 is 39.2. The zero-order chi connectivity index (χ0) is 14.0. The number of halogens is 3. The average Bonchev–Trinajstić information content (AvgIpc) is 2.36. The van der Waals surface area contributed by atoms with Crippen molar-refractivity contribution in [2.45, 2.75) is 13.3 Å². The van der Waals surface area contributed by atoms with Crippen molar-refractivity contribution in [1.82, 2.24) is 0 Å². The molecule has 0 atom stereocenters. The molecule has 0 saturated carbocycles. The topological polar surface area (TPSA) is 38.0 Å². The van der Waals surface area contributed by atoms with E-state index in [4.69, 9.17) is 5.73 Å². The van der Waals surface area contributed by atoms with Gasteiger partial charge in [0.05, 0.1) is 0 Å². The molecule has 0 fully saturated rings. The maximum Gasteiger partial charge on any atom is 0.265 e. The molecule has 0 radical (unpaired) electrons. The molecule has 0 heterocycles. The van der Waals surface area contributed by atoms with Gasteiger partial charge in [-0.25, -0.2) is 13.2 Å². The van der Waals surface area contributed by atoms with E-state index in [9.17, 15) is 13.2 Å². The standard InChI is InChI=1S/C14H13F3N2/c1-8-2-4-10(7-12(8)15)19-13-5-3-9(18)6-11(13)14(16)17/h2-7,14,19H,18H2,1H3. The van der Waals surface area contributed by atoms with E-state index < -0.39 is 6.43 Å². The molecule has 2 nitrogen and oxygen atoms in total. The minimum atomic E-state index is -2.65. The van der Waals surface area contributed by atoms with Crippen LogP contribution in [-0.2, 0) is 0 Å². The summed E-state index contributed by atoms with van der Waals surface area (Å²) in [7, 11) is 0. The molecule has 0 saturated heterocycles. The van der Waals surface area contributed by atoms with E-state index in [2.05, 4.69) is 5.32 Å². The van der Waals surface area contributed by atoms with Crippen molar-refractivity contribution in [3.05, 3.63) is 53.3 Å². The molecule has 0 aliphatic heterocycles. The summed E-state index contributed by atoms with van der Waals surface area (Å²) in [6.07, 6.45) is -2.65. The summed E-state index contributed by atoms with van der Waals surface area (Å²) >= 11 is 0. The van der Waals surface area contributed by atoms with Crippen LogP contribution in [0, 0.1) is 12.7 Å². The van der Waals surface area contributed by atoms with Crippen molar-refractivity contribution in [1.29, 1.82) is 0 Å². The van der Waals surface area contributed by atoms with Crippen LogP contribution in [0.4, 0.5) is 30.2 Å². The van der Waals surface area contributed by atoms with Gasteiger partial charge in [0.2, 0.25) is 0 Å². The van der Waals surface area contributed by atoms with Gasteiger partial charge in [0, 0.05) is 22.6 Å². The van der Waals surface area contributed by atoms with Gasteiger partial charge in [0.25, 0.3) is 6.43 Å². The maximum absolute atomic E-state index is 13.4. The molecule has 100 valence electrons. The Morgan fingerprint density at radius 1 is 1.11 bits per heavy atom. The quantitative estimate of drug-likeness (QED) is 0.808. The van der Waals surface area contributed by atoms with Crippen molar-refractivity contribution in [2.24, 2.45) is 0 Å². The third kappa shape index (κ3) is 2.99. The van der Waals surface area contributed by atoms with E-state index in [1.165, 1.54) is 24.3 Å². The number of aryl methyl sites for hydroxylation is 1. The van der Waals surface area contributed by atoms with Crippen LogP contribution >= 0.6 is 0 Å². The van der Waals surface area contributed by atoms with Gasteiger partial charge in [-0.3, -0.25) is 0 Å². The Kier molecular flexibility index (Phi) is 3.64. The number of rotatable bonds is 3. The highest BCUT2D eigenvalue weighted by Crippen LogP contribution is 2.31. The number of alkyl halides is 2. The van der Waals surface area contributed by atoms with Crippen LogP contribution < -0.4 is 11.1 Å². The Balaban J connectivity index is 2.35. The molecule has 19 heavy (non-hydrogen) atoms. The molecule has 0 aliphatic rings. The summed E-state index contributed by atoms with van der Waals surface area (Å²) in [5, 5.41) is 2.77. The van der Waals surface area contributed by atoms with E-state index in [1.54, 1.807) is 19.1 Å². The minimum Gasteiger partial charge on any atom is -0.399 e. The lowest BCUT2D eigenvalue weighted by atomic mass is 10.1. The first kappa shape index (κ1) is 13.3. The Bertz CT molecular complexity index is 597. The molecule has 0 aromatic heterocycles. The lowest BCUT2D eigenvalue weighted by molar-refractivity contribution is 0.152. The zero-order valence-corrected chi connectivity index (χ0v) is 10.3. The number of anilines is 3. The molecular formula is C14H13F3N2. The Labute approximate surface area is 109 Å². The summed E-state index contributed by atoms with van der Waals surface area (Å²) in [6, 6.07) is 8.65. The van der Waals surface area contributed by atoms with E-state index >= 15 is 0 Å². The van der Waals surface area contributed by atoms with Crippen LogP contribution in [0.2, 0.25) is 0 Å². The number of nitrogens with one attached hydrogen (secondary N) is 1. The molecule has 0 spiro atoms. The highest BCUT2D eigenvalue weighted by atomic mass is 19.3. The summed E-state index contributed by atoms with van der Waals surface area (Å²) in [5.74, 6) is -0.390. The Morgan fingerprint density at radius 2 is 1.84 bits per heavy atom. The third-order valence-electron chi connectivity index (χ3n) is 2.76. The summed E-state index contributed by atoms with van der Waals surface area (Å²) in [6.45, 7) is 1.63. The van der Waals surface area contributed by atoms with Gasteiger partial charge in [-0.2, -0.15) is 0 Å². The lowest BCUT2D eigenvalue weighted by Gasteiger charge is -2.13. The highest BCUT2D eigenvalue weighted by Gasteiger charge is 2.13. The van der Waals surface area contributed by atoms with Crippen LogP contribution in [0.25, 0.3) is 0 Å². The lowest BCUT2D eigenvalue weighted by Crippen LogP contribution is -1.99. The molecule has 5 heteroatoms. The van der Waals surface area contributed by atoms with Crippen LogP contribution in [0.5, 0.6) is 0 Å². The molecule has 2 aromatic rings. The molecule has 0 amide bonds. The number of hydrogen-bond donors (Lipinski definition) is 2. The van der Waals surface area contributed by atoms with Gasteiger partial charge >= 0.3 is 0 Å². The van der Waals surface area contributed by atoms with Crippen molar-refractivity contribution in [2.75, 3.05) is 11.1 Å². The number of hydrogen-bond acceptors (Lipinski definition) is 2. The summed E-state index contributed by atoms with van der Waals surface area (Å²) in [4.78, 5) is 0. The molecule has 0 unspecified atom stereocenters. The van der Waals surface area contributed by atoms with E-state index in [0.717, 1.165) is 0 Å². The average molecular weight is 266 g/mol. The molecule has 0 bridgehead atoms. The van der Waals surface area contributed by atoms with Crippen molar-refractivity contribution >= 4 is 17.1 Å². The van der Waals surface area contributed by atoms with Crippen LogP contribution in [0.15, 0.2) is 36.4 Å². The summed E-state index contributed by atoms with van der Waals surface area (Å²) in [5.41, 5.74) is 6.66. The SMILES string of the molecule is Cc1ccc(Nc2ccc(N)cc2C(F)F)cc1F. The minimum absolute atomic E-state index is 0.207. The number of benzene rings is 2. The van der Waals surface area contributed by atoms with Crippen LogP contribution in [0.3, 0.4) is 0 Å². The first-order valence-electron chi connectivity index (χ1n) is 5.68. The largest absolute Gasteiger partial charge is 0.399 e. The van der Waals surface area contributed by atoms with E-state index in [1.807, 2.05) is 0 Å². The van der Waals surface area contributed by atoms with Gasteiger partial charge in [0.15, 0.2) is 0 Å². The van der Waals surface area contributed by atoms with E-state index in [0.29, 0.717) is 11.3 Å². The second kappa shape index (κ2) is 5.22. The predicted molar refractivity (Wildman–Crippen MR) is 70.2 cm³/mol. The fourth-order valence-electron chi connectivity index (χ4n) is 1.70. The number of nitrogen functional groups attached to an aromatic ring is 1. The second-order valence-corrected chi connectivity index (χ2v) is 4.24. The van der Waals surface area contributed by atoms with Crippen molar-refractivity contribution < 1.29 is 13.2 Å². The number of nitrogens with two attached hydrogens (primary N) is 1. The zero-order valence-electron chi connectivity index (χ0n) is 10.3. The first-order valence-corrected chi connectivity index (χ1v) is 5.68.